The predicted octanol–water partition coefficient (Wildman–Crippen LogP) is 1.61. The highest BCUT2D eigenvalue weighted by atomic mass is 16.5. The van der Waals surface area contributed by atoms with Crippen molar-refractivity contribution in [1.29, 1.82) is 0 Å². The summed E-state index contributed by atoms with van der Waals surface area (Å²) in [6.45, 7) is 2.34. The van der Waals surface area contributed by atoms with Gasteiger partial charge in [-0.05, 0) is 24.1 Å². The Morgan fingerprint density at radius 1 is 1.45 bits per heavy atom. The summed E-state index contributed by atoms with van der Waals surface area (Å²) in [4.78, 5) is 23.2. The van der Waals surface area contributed by atoms with Gasteiger partial charge in [-0.2, -0.15) is 0 Å². The van der Waals surface area contributed by atoms with Gasteiger partial charge in [0, 0.05) is 18.7 Å². The first-order chi connectivity index (χ1) is 9.55. The van der Waals surface area contributed by atoms with Crippen LogP contribution in [0.2, 0.25) is 0 Å². The fourth-order valence-electron chi connectivity index (χ4n) is 2.13. The molecule has 0 aromatic heterocycles. The summed E-state index contributed by atoms with van der Waals surface area (Å²) in [6, 6.07) is 6.90. The number of urea groups is 1. The number of carboxylic acids is 1. The van der Waals surface area contributed by atoms with Crippen LogP contribution in [0.3, 0.4) is 0 Å². The zero-order chi connectivity index (χ0) is 14.6. The molecule has 20 heavy (non-hydrogen) atoms. The number of ether oxygens (including phenoxy) is 1. The first-order valence-corrected chi connectivity index (χ1v) is 6.55. The smallest absolute Gasteiger partial charge is 0.332 e. The Labute approximate surface area is 117 Å². The third kappa shape index (κ3) is 3.08. The van der Waals surface area contributed by atoms with E-state index in [1.165, 1.54) is 0 Å². The highest BCUT2D eigenvalue weighted by molar-refractivity contribution is 5.94. The molecule has 1 aromatic rings. The molecule has 3 N–H and O–H groups in total. The average Bonchev–Trinajstić information content (AvgIpc) is 2.88. The van der Waals surface area contributed by atoms with Crippen molar-refractivity contribution in [2.45, 2.75) is 25.3 Å². The van der Waals surface area contributed by atoms with Gasteiger partial charge in [-0.1, -0.05) is 19.1 Å². The Balaban J connectivity index is 2.02. The van der Waals surface area contributed by atoms with Crippen molar-refractivity contribution in [3.8, 4) is 0 Å². The van der Waals surface area contributed by atoms with E-state index in [-0.39, 0.29) is 13.0 Å². The number of carbonyl (C=O) groups excluding carboxylic acids is 1. The van der Waals surface area contributed by atoms with E-state index in [9.17, 15) is 14.7 Å². The van der Waals surface area contributed by atoms with Gasteiger partial charge in [0.1, 0.15) is 0 Å². The van der Waals surface area contributed by atoms with Crippen LogP contribution in [0.1, 0.15) is 18.9 Å². The second-order valence-corrected chi connectivity index (χ2v) is 4.82. The first-order valence-electron chi connectivity index (χ1n) is 6.55. The van der Waals surface area contributed by atoms with Crippen LogP contribution in [-0.4, -0.2) is 35.9 Å². The lowest BCUT2D eigenvalue weighted by atomic mass is 9.99. The van der Waals surface area contributed by atoms with E-state index in [4.69, 9.17) is 4.74 Å². The molecule has 6 heteroatoms. The molecule has 1 unspecified atom stereocenters. The summed E-state index contributed by atoms with van der Waals surface area (Å²) in [5.41, 5.74) is 0.410. The van der Waals surface area contributed by atoms with Crippen LogP contribution in [0, 0.1) is 0 Å². The summed E-state index contributed by atoms with van der Waals surface area (Å²) in [5, 5.41) is 14.4. The molecule has 1 aromatic carbocycles. The zero-order valence-electron chi connectivity index (χ0n) is 11.3. The molecule has 0 radical (unpaired) electrons. The third-order valence-corrected chi connectivity index (χ3v) is 3.38. The Kier molecular flexibility index (Phi) is 4.24. The molecule has 0 bridgehead atoms. The number of nitrogens with one attached hydrogen (secondary N) is 2. The van der Waals surface area contributed by atoms with E-state index in [0.29, 0.717) is 12.3 Å². The number of rotatable bonds is 4. The van der Waals surface area contributed by atoms with Gasteiger partial charge in [0.15, 0.2) is 5.54 Å². The van der Waals surface area contributed by atoms with E-state index < -0.39 is 17.5 Å². The maximum absolute atomic E-state index is 11.9. The van der Waals surface area contributed by atoms with Crippen molar-refractivity contribution in [2.75, 3.05) is 18.5 Å². The van der Waals surface area contributed by atoms with Crippen LogP contribution in [0.5, 0.6) is 0 Å². The lowest BCUT2D eigenvalue weighted by Crippen LogP contribution is -2.56. The molecule has 6 nitrogen and oxygen atoms in total. The van der Waals surface area contributed by atoms with Gasteiger partial charge in [0.25, 0.3) is 0 Å². The van der Waals surface area contributed by atoms with Gasteiger partial charge in [-0.3, -0.25) is 0 Å². The van der Waals surface area contributed by atoms with Crippen molar-refractivity contribution in [3.63, 3.8) is 0 Å². The first kappa shape index (κ1) is 14.3. The Morgan fingerprint density at radius 2 is 2.25 bits per heavy atom. The minimum Gasteiger partial charge on any atom is -0.479 e. The largest absolute Gasteiger partial charge is 0.479 e. The number of carboxylic acid groups (broad SMARTS) is 1. The second kappa shape index (κ2) is 5.92. The minimum atomic E-state index is -1.33. The van der Waals surface area contributed by atoms with E-state index in [0.717, 1.165) is 12.0 Å². The normalized spacial score (nSPS) is 21.4. The number of hydrogen-bond acceptors (Lipinski definition) is 3. The lowest BCUT2D eigenvalue weighted by Gasteiger charge is -2.23. The standard InChI is InChI=1S/C14H18N2O4/c1-2-10-4-3-5-11(8-10)15-13(19)16-14(12(17)18)6-7-20-9-14/h3-5,8H,2,6-7,9H2,1H3,(H,17,18)(H2,15,16,19). The molecule has 1 aliphatic rings. The van der Waals surface area contributed by atoms with E-state index in [1.807, 2.05) is 25.1 Å². The summed E-state index contributed by atoms with van der Waals surface area (Å²) >= 11 is 0. The SMILES string of the molecule is CCc1cccc(NC(=O)NC2(C(=O)O)CCOC2)c1. The van der Waals surface area contributed by atoms with E-state index in [1.54, 1.807) is 6.07 Å². The summed E-state index contributed by atoms with van der Waals surface area (Å²) < 4.78 is 5.09. The molecule has 0 saturated carbocycles. The number of aliphatic carboxylic acids is 1. The topological polar surface area (TPSA) is 87.7 Å². The summed E-state index contributed by atoms with van der Waals surface area (Å²) in [7, 11) is 0. The number of anilines is 1. The zero-order valence-corrected chi connectivity index (χ0v) is 11.3. The highest BCUT2D eigenvalue weighted by Gasteiger charge is 2.44. The Hall–Kier alpha value is -2.08. The van der Waals surface area contributed by atoms with E-state index in [2.05, 4.69) is 10.6 Å². The van der Waals surface area contributed by atoms with Crippen LogP contribution in [0.4, 0.5) is 10.5 Å². The quantitative estimate of drug-likeness (QED) is 0.781. The van der Waals surface area contributed by atoms with Gasteiger partial charge in [-0.25, -0.2) is 9.59 Å². The van der Waals surface area contributed by atoms with Gasteiger partial charge < -0.3 is 20.5 Å². The summed E-state index contributed by atoms with van der Waals surface area (Å²) in [5.74, 6) is -1.08. The predicted molar refractivity (Wildman–Crippen MR) is 73.8 cm³/mol. The van der Waals surface area contributed by atoms with Crippen molar-refractivity contribution in [2.24, 2.45) is 0 Å². The molecule has 0 spiro atoms. The molecule has 1 atom stereocenters. The molecular weight excluding hydrogens is 260 g/mol. The number of hydrogen-bond donors (Lipinski definition) is 3. The fourth-order valence-corrected chi connectivity index (χ4v) is 2.13. The van der Waals surface area contributed by atoms with Crippen LogP contribution in [0.15, 0.2) is 24.3 Å². The maximum Gasteiger partial charge on any atom is 0.332 e. The van der Waals surface area contributed by atoms with E-state index >= 15 is 0 Å². The second-order valence-electron chi connectivity index (χ2n) is 4.82. The Morgan fingerprint density at radius 3 is 2.85 bits per heavy atom. The van der Waals surface area contributed by atoms with Gasteiger partial charge in [-0.15, -0.1) is 0 Å². The Bertz CT molecular complexity index is 510. The molecule has 2 rings (SSSR count). The molecule has 1 aliphatic heterocycles. The number of carbonyl (C=O) groups is 2. The van der Waals surface area contributed by atoms with Crippen molar-refractivity contribution in [1.82, 2.24) is 5.32 Å². The molecule has 2 amide bonds. The minimum absolute atomic E-state index is 0.00917. The number of benzene rings is 1. The summed E-state index contributed by atoms with van der Waals surface area (Å²) in [6.07, 6.45) is 1.13. The van der Waals surface area contributed by atoms with Crippen molar-refractivity contribution in [3.05, 3.63) is 29.8 Å². The number of aryl methyl sites for hydroxylation is 1. The maximum atomic E-state index is 11.9. The monoisotopic (exact) mass is 278 g/mol. The van der Waals surface area contributed by atoms with Crippen LogP contribution < -0.4 is 10.6 Å². The van der Waals surface area contributed by atoms with Gasteiger partial charge in [0.2, 0.25) is 0 Å². The van der Waals surface area contributed by atoms with Crippen LogP contribution in [-0.2, 0) is 16.0 Å². The van der Waals surface area contributed by atoms with Gasteiger partial charge >= 0.3 is 12.0 Å². The van der Waals surface area contributed by atoms with Crippen LogP contribution >= 0.6 is 0 Å². The lowest BCUT2D eigenvalue weighted by molar-refractivity contribution is -0.144. The van der Waals surface area contributed by atoms with Crippen molar-refractivity contribution < 1.29 is 19.4 Å². The molecule has 108 valence electrons. The molecule has 1 fully saturated rings. The highest BCUT2D eigenvalue weighted by Crippen LogP contribution is 2.19. The molecule has 0 aliphatic carbocycles. The average molecular weight is 278 g/mol. The van der Waals surface area contributed by atoms with Gasteiger partial charge in [0.05, 0.1) is 6.61 Å². The third-order valence-electron chi connectivity index (χ3n) is 3.38. The number of amides is 2. The molecule has 1 heterocycles. The fraction of sp³-hybridized carbons (Fsp3) is 0.429. The van der Waals surface area contributed by atoms with Crippen molar-refractivity contribution >= 4 is 17.7 Å². The molecule has 1 saturated heterocycles. The molecular formula is C14H18N2O4. The van der Waals surface area contributed by atoms with Crippen LogP contribution in [0.25, 0.3) is 0 Å².